The van der Waals surface area contributed by atoms with Crippen LogP contribution in [0.25, 0.3) is 0 Å². The van der Waals surface area contributed by atoms with E-state index in [1.807, 2.05) is 6.07 Å². The molecule has 0 aliphatic heterocycles. The largest absolute Gasteiger partial charge is 0.347 e. The molecule has 1 unspecified atom stereocenters. The summed E-state index contributed by atoms with van der Waals surface area (Å²) in [5, 5.41) is 9.78. The van der Waals surface area contributed by atoms with Crippen LogP contribution in [0.2, 0.25) is 0 Å². The van der Waals surface area contributed by atoms with Crippen LogP contribution in [0.1, 0.15) is 41.7 Å². The van der Waals surface area contributed by atoms with Crippen LogP contribution in [0.5, 0.6) is 0 Å². The Morgan fingerprint density at radius 1 is 1.24 bits per heavy atom. The third kappa shape index (κ3) is 3.51. The van der Waals surface area contributed by atoms with Gasteiger partial charge in [-0.25, -0.2) is 0 Å². The van der Waals surface area contributed by atoms with Gasteiger partial charge in [-0.3, -0.25) is 9.89 Å². The Kier molecular flexibility index (Phi) is 4.34. The number of nitrogens with zero attached hydrogens (tertiary/aromatic N) is 1. The van der Waals surface area contributed by atoms with Crippen molar-refractivity contribution in [2.75, 3.05) is 0 Å². The normalized spacial score (nSPS) is 16.8. The van der Waals surface area contributed by atoms with Crippen molar-refractivity contribution >= 4 is 5.91 Å². The van der Waals surface area contributed by atoms with E-state index in [0.29, 0.717) is 11.6 Å². The molecule has 2 N–H and O–H groups in total. The Labute approximate surface area is 125 Å². The number of carbonyl (C=O) groups is 1. The second-order valence-corrected chi connectivity index (χ2v) is 5.78. The Hall–Kier alpha value is -2.10. The number of hydrogen-bond donors (Lipinski definition) is 2. The van der Waals surface area contributed by atoms with Crippen LogP contribution in [0.3, 0.4) is 0 Å². The van der Waals surface area contributed by atoms with Gasteiger partial charge in [0.05, 0.1) is 0 Å². The molecule has 1 atom stereocenters. The predicted octanol–water partition coefficient (Wildman–Crippen LogP) is 2.94. The van der Waals surface area contributed by atoms with Crippen molar-refractivity contribution in [3.8, 4) is 0 Å². The molecular weight excluding hydrogens is 262 g/mol. The summed E-state index contributed by atoms with van der Waals surface area (Å²) in [6.07, 6.45) is 7.47. The second kappa shape index (κ2) is 6.57. The van der Waals surface area contributed by atoms with Crippen molar-refractivity contribution in [3.63, 3.8) is 0 Å². The fraction of sp³-hybridized carbons (Fsp3) is 0.412. The molecule has 1 aliphatic carbocycles. The highest BCUT2D eigenvalue weighted by Crippen LogP contribution is 2.29. The second-order valence-electron chi connectivity index (χ2n) is 5.78. The molecule has 0 radical (unpaired) electrons. The molecule has 1 aromatic heterocycles. The quantitative estimate of drug-likeness (QED) is 0.886. The number of aromatic nitrogens is 2. The summed E-state index contributed by atoms with van der Waals surface area (Å²) in [5.41, 5.74) is 1.81. The van der Waals surface area contributed by atoms with Crippen molar-refractivity contribution in [1.29, 1.82) is 0 Å². The highest BCUT2D eigenvalue weighted by Gasteiger charge is 2.27. The van der Waals surface area contributed by atoms with Crippen molar-refractivity contribution in [2.45, 2.75) is 38.1 Å². The van der Waals surface area contributed by atoms with Gasteiger partial charge in [0.2, 0.25) is 0 Å². The summed E-state index contributed by atoms with van der Waals surface area (Å²) in [4.78, 5) is 12.3. The van der Waals surface area contributed by atoms with Gasteiger partial charge >= 0.3 is 0 Å². The smallest absolute Gasteiger partial charge is 0.269 e. The molecule has 1 amide bonds. The summed E-state index contributed by atoms with van der Waals surface area (Å²) in [5.74, 6) is 0.525. The fourth-order valence-electron chi connectivity index (χ4n) is 3.19. The molecule has 0 bridgehead atoms. The molecule has 4 heteroatoms. The third-order valence-electron chi connectivity index (χ3n) is 4.33. The van der Waals surface area contributed by atoms with Gasteiger partial charge in [0, 0.05) is 12.2 Å². The lowest BCUT2D eigenvalue weighted by atomic mass is 9.92. The van der Waals surface area contributed by atoms with Gasteiger partial charge in [0.15, 0.2) is 0 Å². The molecule has 3 rings (SSSR count). The van der Waals surface area contributed by atoms with Crippen molar-refractivity contribution in [1.82, 2.24) is 15.5 Å². The summed E-state index contributed by atoms with van der Waals surface area (Å²) >= 11 is 0. The van der Waals surface area contributed by atoms with E-state index in [1.54, 1.807) is 12.3 Å². The van der Waals surface area contributed by atoms with Crippen LogP contribution in [0.4, 0.5) is 0 Å². The molecule has 1 saturated carbocycles. The number of nitrogens with one attached hydrogen (secondary N) is 2. The van der Waals surface area contributed by atoms with Gasteiger partial charge in [-0.2, -0.15) is 5.10 Å². The Bertz CT molecular complexity index is 559. The van der Waals surface area contributed by atoms with E-state index in [-0.39, 0.29) is 11.9 Å². The molecule has 1 fully saturated rings. The van der Waals surface area contributed by atoms with E-state index >= 15 is 0 Å². The Morgan fingerprint density at radius 2 is 2.00 bits per heavy atom. The number of hydrogen-bond acceptors (Lipinski definition) is 2. The average molecular weight is 283 g/mol. The molecule has 0 spiro atoms. The first kappa shape index (κ1) is 13.9. The first-order chi connectivity index (χ1) is 10.3. The van der Waals surface area contributed by atoms with Gasteiger partial charge in [0.25, 0.3) is 5.91 Å². The number of amides is 1. The van der Waals surface area contributed by atoms with Gasteiger partial charge in [-0.05, 0) is 36.8 Å². The molecule has 1 heterocycles. The topological polar surface area (TPSA) is 57.8 Å². The van der Waals surface area contributed by atoms with E-state index < -0.39 is 0 Å². The monoisotopic (exact) mass is 283 g/mol. The van der Waals surface area contributed by atoms with E-state index in [9.17, 15) is 4.79 Å². The molecule has 110 valence electrons. The SMILES string of the molecule is O=C(NC(Cc1ccccc1)C1CCCC1)c1ccn[nH]1. The predicted molar refractivity (Wildman–Crippen MR) is 81.9 cm³/mol. The van der Waals surface area contributed by atoms with Crippen molar-refractivity contribution in [3.05, 3.63) is 53.9 Å². The van der Waals surface area contributed by atoms with Crippen LogP contribution < -0.4 is 5.32 Å². The number of H-pyrrole nitrogens is 1. The molecule has 1 aliphatic rings. The van der Waals surface area contributed by atoms with Crippen molar-refractivity contribution < 1.29 is 4.79 Å². The van der Waals surface area contributed by atoms with Gasteiger partial charge in [-0.15, -0.1) is 0 Å². The van der Waals surface area contributed by atoms with Crippen LogP contribution in [-0.2, 0) is 6.42 Å². The third-order valence-corrected chi connectivity index (χ3v) is 4.33. The first-order valence-electron chi connectivity index (χ1n) is 7.67. The maximum atomic E-state index is 12.3. The minimum absolute atomic E-state index is 0.0552. The van der Waals surface area contributed by atoms with E-state index in [2.05, 4.69) is 39.8 Å². The lowest BCUT2D eigenvalue weighted by molar-refractivity contribution is 0.0917. The zero-order valence-electron chi connectivity index (χ0n) is 12.1. The van der Waals surface area contributed by atoms with Crippen molar-refractivity contribution in [2.24, 2.45) is 5.92 Å². The highest BCUT2D eigenvalue weighted by atomic mass is 16.2. The minimum atomic E-state index is -0.0552. The van der Waals surface area contributed by atoms with E-state index in [0.717, 1.165) is 6.42 Å². The summed E-state index contributed by atoms with van der Waals surface area (Å²) in [7, 11) is 0. The average Bonchev–Trinajstić information content (AvgIpc) is 3.21. The fourth-order valence-corrected chi connectivity index (χ4v) is 3.19. The summed E-state index contributed by atoms with van der Waals surface area (Å²) in [6.45, 7) is 0. The molecule has 1 aromatic carbocycles. The number of aromatic amines is 1. The molecule has 2 aromatic rings. The molecule has 21 heavy (non-hydrogen) atoms. The highest BCUT2D eigenvalue weighted by molar-refractivity contribution is 5.92. The Morgan fingerprint density at radius 3 is 2.67 bits per heavy atom. The first-order valence-corrected chi connectivity index (χ1v) is 7.67. The number of carbonyl (C=O) groups excluding carboxylic acids is 1. The van der Waals surface area contributed by atoms with E-state index in [4.69, 9.17) is 0 Å². The Balaban J connectivity index is 1.71. The zero-order chi connectivity index (χ0) is 14.5. The maximum absolute atomic E-state index is 12.3. The zero-order valence-corrected chi connectivity index (χ0v) is 12.1. The van der Waals surface area contributed by atoms with Crippen LogP contribution in [0, 0.1) is 5.92 Å². The van der Waals surface area contributed by atoms with Crippen LogP contribution in [0.15, 0.2) is 42.6 Å². The maximum Gasteiger partial charge on any atom is 0.269 e. The lowest BCUT2D eigenvalue weighted by Gasteiger charge is -2.24. The van der Waals surface area contributed by atoms with Crippen LogP contribution in [-0.4, -0.2) is 22.1 Å². The van der Waals surface area contributed by atoms with Gasteiger partial charge in [-0.1, -0.05) is 43.2 Å². The summed E-state index contributed by atoms with van der Waals surface area (Å²) in [6, 6.07) is 12.3. The number of benzene rings is 1. The molecule has 0 saturated heterocycles. The molecule has 4 nitrogen and oxygen atoms in total. The van der Waals surface area contributed by atoms with Gasteiger partial charge < -0.3 is 5.32 Å². The molecular formula is C17H21N3O. The van der Waals surface area contributed by atoms with E-state index in [1.165, 1.54) is 31.2 Å². The lowest BCUT2D eigenvalue weighted by Crippen LogP contribution is -2.41. The minimum Gasteiger partial charge on any atom is -0.347 e. The van der Waals surface area contributed by atoms with Crippen LogP contribution >= 0.6 is 0 Å². The standard InChI is InChI=1S/C17H21N3O/c21-17(15-10-11-18-20-15)19-16(14-8-4-5-9-14)12-13-6-2-1-3-7-13/h1-3,6-7,10-11,14,16H,4-5,8-9,12H2,(H,18,20)(H,19,21). The summed E-state index contributed by atoms with van der Waals surface area (Å²) < 4.78 is 0. The van der Waals surface area contributed by atoms with Gasteiger partial charge in [0.1, 0.15) is 5.69 Å². The number of rotatable bonds is 5.